The Bertz CT molecular complexity index is 181. The number of hydrogen-bond acceptors (Lipinski definition) is 3. The lowest BCUT2D eigenvalue weighted by Gasteiger charge is -2.29. The van der Waals surface area contributed by atoms with E-state index in [-0.39, 0.29) is 11.5 Å². The largest absolute Gasteiger partial charge is 0.465 e. The Kier molecular flexibility index (Phi) is 2.73. The van der Waals surface area contributed by atoms with E-state index in [9.17, 15) is 4.79 Å². The van der Waals surface area contributed by atoms with E-state index in [1.54, 1.807) is 0 Å². The van der Waals surface area contributed by atoms with E-state index in [1.807, 2.05) is 20.9 Å². The molecule has 12 heavy (non-hydrogen) atoms. The highest BCUT2D eigenvalue weighted by atomic mass is 16.5. The first-order chi connectivity index (χ1) is 5.61. The average molecular weight is 171 g/mol. The predicted octanol–water partition coefficient (Wildman–Crippen LogP) is 1.03. The van der Waals surface area contributed by atoms with E-state index >= 15 is 0 Å². The topological polar surface area (TPSA) is 29.5 Å². The van der Waals surface area contributed by atoms with Gasteiger partial charge in [0.05, 0.1) is 6.61 Å². The van der Waals surface area contributed by atoms with Gasteiger partial charge in [-0.25, -0.2) is 0 Å². The molecule has 0 spiro atoms. The first-order valence-electron chi connectivity index (χ1n) is 4.49. The lowest BCUT2D eigenvalue weighted by Crippen LogP contribution is -2.46. The van der Waals surface area contributed by atoms with Crippen LogP contribution in [-0.4, -0.2) is 36.6 Å². The minimum absolute atomic E-state index is 0.0787. The van der Waals surface area contributed by atoms with Gasteiger partial charge in [0.1, 0.15) is 5.54 Å². The van der Waals surface area contributed by atoms with Gasteiger partial charge in [-0.15, -0.1) is 0 Å². The fourth-order valence-corrected chi connectivity index (χ4v) is 1.64. The highest BCUT2D eigenvalue weighted by Gasteiger charge is 2.42. The molecule has 1 aliphatic rings. The quantitative estimate of drug-likeness (QED) is 0.581. The number of likely N-dealkylation sites (N-methyl/N-ethyl adjacent to an activating group) is 1. The Morgan fingerprint density at radius 3 is 2.75 bits per heavy atom. The van der Waals surface area contributed by atoms with Gasteiger partial charge >= 0.3 is 5.97 Å². The average Bonchev–Trinajstić information content (AvgIpc) is 2.34. The lowest BCUT2D eigenvalue weighted by atomic mass is 10.00. The van der Waals surface area contributed by atoms with Gasteiger partial charge in [-0.2, -0.15) is 0 Å². The van der Waals surface area contributed by atoms with Crippen molar-refractivity contribution in [1.29, 1.82) is 0 Å². The summed E-state index contributed by atoms with van der Waals surface area (Å²) in [5.74, 6) is -0.0787. The number of ether oxygens (including phenoxy) is 1. The third-order valence-electron chi connectivity index (χ3n) is 2.71. The van der Waals surface area contributed by atoms with Crippen LogP contribution in [0.25, 0.3) is 0 Å². The van der Waals surface area contributed by atoms with Gasteiger partial charge in [-0.3, -0.25) is 9.69 Å². The van der Waals surface area contributed by atoms with Crippen molar-refractivity contribution in [2.45, 2.75) is 32.2 Å². The minimum Gasteiger partial charge on any atom is -0.465 e. The number of rotatable bonds is 2. The molecular weight excluding hydrogens is 154 g/mol. The van der Waals surface area contributed by atoms with Crippen LogP contribution in [0.5, 0.6) is 0 Å². The van der Waals surface area contributed by atoms with Crippen molar-refractivity contribution < 1.29 is 9.53 Å². The summed E-state index contributed by atoms with van der Waals surface area (Å²) in [5.41, 5.74) is -0.365. The molecule has 0 N–H and O–H groups in total. The highest BCUT2D eigenvalue weighted by Crippen LogP contribution is 2.28. The van der Waals surface area contributed by atoms with Crippen molar-refractivity contribution in [2.24, 2.45) is 0 Å². The molecule has 1 heterocycles. The van der Waals surface area contributed by atoms with E-state index < -0.39 is 0 Å². The summed E-state index contributed by atoms with van der Waals surface area (Å²) < 4.78 is 5.02. The van der Waals surface area contributed by atoms with Gasteiger partial charge in [0, 0.05) is 0 Å². The molecule has 1 atom stereocenters. The summed E-state index contributed by atoms with van der Waals surface area (Å²) in [5, 5.41) is 0. The van der Waals surface area contributed by atoms with Crippen LogP contribution in [0.4, 0.5) is 0 Å². The fraction of sp³-hybridized carbons (Fsp3) is 0.889. The Morgan fingerprint density at radius 1 is 1.67 bits per heavy atom. The number of esters is 1. The second-order valence-corrected chi connectivity index (χ2v) is 3.52. The van der Waals surface area contributed by atoms with E-state index in [1.165, 1.54) is 0 Å². The summed E-state index contributed by atoms with van der Waals surface area (Å²) >= 11 is 0. The molecule has 3 heteroatoms. The maximum Gasteiger partial charge on any atom is 0.326 e. The van der Waals surface area contributed by atoms with Crippen LogP contribution < -0.4 is 0 Å². The summed E-state index contributed by atoms with van der Waals surface area (Å²) in [6.07, 6.45) is 2.01. The Balaban J connectivity index is 2.63. The van der Waals surface area contributed by atoms with Crippen molar-refractivity contribution >= 4 is 5.97 Å². The third kappa shape index (κ3) is 1.46. The maximum atomic E-state index is 11.5. The number of hydrogen-bond donors (Lipinski definition) is 0. The Morgan fingerprint density at radius 2 is 2.33 bits per heavy atom. The van der Waals surface area contributed by atoms with Crippen molar-refractivity contribution in [3.05, 3.63) is 0 Å². The Hall–Kier alpha value is -0.570. The summed E-state index contributed by atoms with van der Waals surface area (Å²) in [6.45, 7) is 5.27. The van der Waals surface area contributed by atoms with Crippen LogP contribution in [0.3, 0.4) is 0 Å². The minimum atomic E-state index is -0.365. The molecule has 0 radical (unpaired) electrons. The molecule has 1 unspecified atom stereocenters. The molecule has 0 aromatic rings. The number of nitrogens with zero attached hydrogens (tertiary/aromatic N) is 1. The zero-order valence-corrected chi connectivity index (χ0v) is 8.09. The van der Waals surface area contributed by atoms with Crippen molar-refractivity contribution in [1.82, 2.24) is 4.90 Å². The third-order valence-corrected chi connectivity index (χ3v) is 2.71. The summed E-state index contributed by atoms with van der Waals surface area (Å²) in [4.78, 5) is 13.6. The van der Waals surface area contributed by atoms with E-state index in [4.69, 9.17) is 4.74 Å². The summed E-state index contributed by atoms with van der Waals surface area (Å²) in [7, 11) is 1.98. The molecule has 1 aliphatic heterocycles. The number of carbonyl (C=O) groups is 1. The second-order valence-electron chi connectivity index (χ2n) is 3.52. The second kappa shape index (κ2) is 3.44. The highest BCUT2D eigenvalue weighted by molar-refractivity contribution is 5.80. The molecule has 1 saturated heterocycles. The first-order valence-corrected chi connectivity index (χ1v) is 4.49. The van der Waals surface area contributed by atoms with Crippen molar-refractivity contribution in [2.75, 3.05) is 20.2 Å². The van der Waals surface area contributed by atoms with Gasteiger partial charge < -0.3 is 4.74 Å². The van der Waals surface area contributed by atoms with Gasteiger partial charge in [-0.1, -0.05) is 0 Å². The molecule has 0 aromatic carbocycles. The first kappa shape index (κ1) is 9.52. The zero-order valence-electron chi connectivity index (χ0n) is 8.09. The molecule has 3 nitrogen and oxygen atoms in total. The van der Waals surface area contributed by atoms with Gasteiger partial charge in [0.25, 0.3) is 0 Å². The molecule has 0 aromatic heterocycles. The maximum absolute atomic E-state index is 11.5. The molecule has 1 rings (SSSR count). The zero-order chi connectivity index (χ0) is 9.19. The molecule has 70 valence electrons. The van der Waals surface area contributed by atoms with Crippen LogP contribution in [0.15, 0.2) is 0 Å². The van der Waals surface area contributed by atoms with Crippen molar-refractivity contribution in [3.63, 3.8) is 0 Å². The molecular formula is C9H17NO2. The van der Waals surface area contributed by atoms with Crippen LogP contribution in [-0.2, 0) is 9.53 Å². The van der Waals surface area contributed by atoms with E-state index in [2.05, 4.69) is 4.90 Å². The molecule has 1 fully saturated rings. The molecule has 0 bridgehead atoms. The molecule has 0 amide bonds. The number of carbonyl (C=O) groups excluding carboxylic acids is 1. The van der Waals surface area contributed by atoms with Gasteiger partial charge in [0.15, 0.2) is 0 Å². The van der Waals surface area contributed by atoms with Crippen LogP contribution in [0.1, 0.15) is 26.7 Å². The van der Waals surface area contributed by atoms with Gasteiger partial charge in [0.2, 0.25) is 0 Å². The SMILES string of the molecule is CCOC(=O)C1(C)CCCN1C. The van der Waals surface area contributed by atoms with Crippen molar-refractivity contribution in [3.8, 4) is 0 Å². The molecule has 0 aliphatic carbocycles. The standard InChI is InChI=1S/C9H17NO2/c1-4-12-8(11)9(2)6-5-7-10(9)3/h4-7H2,1-3H3. The monoisotopic (exact) mass is 171 g/mol. The predicted molar refractivity (Wildman–Crippen MR) is 46.9 cm³/mol. The van der Waals surface area contributed by atoms with E-state index in [0.29, 0.717) is 6.61 Å². The van der Waals surface area contributed by atoms with Gasteiger partial charge in [-0.05, 0) is 40.3 Å². The van der Waals surface area contributed by atoms with Crippen LogP contribution in [0, 0.1) is 0 Å². The molecule has 0 saturated carbocycles. The summed E-state index contributed by atoms with van der Waals surface area (Å²) in [6, 6.07) is 0. The van der Waals surface area contributed by atoms with Crippen LogP contribution in [0.2, 0.25) is 0 Å². The number of likely N-dealkylation sites (tertiary alicyclic amines) is 1. The fourth-order valence-electron chi connectivity index (χ4n) is 1.64. The van der Waals surface area contributed by atoms with Crippen LogP contribution >= 0.6 is 0 Å². The smallest absolute Gasteiger partial charge is 0.326 e. The normalized spacial score (nSPS) is 30.6. The lowest BCUT2D eigenvalue weighted by molar-refractivity contribution is -0.154. The van der Waals surface area contributed by atoms with E-state index in [0.717, 1.165) is 19.4 Å². The Labute approximate surface area is 73.7 Å².